The first-order chi connectivity index (χ1) is 11.6. The van der Waals surface area contributed by atoms with Crippen molar-refractivity contribution in [2.45, 2.75) is 39.0 Å². The largest absolute Gasteiger partial charge is 0.361 e. The molecule has 3 rings (SSSR count). The van der Waals surface area contributed by atoms with Crippen LogP contribution in [-0.4, -0.2) is 39.3 Å². The molecule has 1 aromatic heterocycles. The highest BCUT2D eigenvalue weighted by Gasteiger charge is 2.18. The van der Waals surface area contributed by atoms with Gasteiger partial charge in [0.05, 0.1) is 5.75 Å². The number of piperidine rings is 1. The Labute approximate surface area is 145 Å². The van der Waals surface area contributed by atoms with Gasteiger partial charge in [-0.05, 0) is 62.5 Å². The lowest BCUT2D eigenvalue weighted by molar-refractivity contribution is 0.462. The van der Waals surface area contributed by atoms with Crippen LogP contribution < -0.4 is 10.0 Å². The quantitative estimate of drug-likeness (QED) is 0.775. The number of hydrogen-bond donors (Lipinski definition) is 3. The normalized spacial score (nSPS) is 16.0. The number of sulfonamides is 1. The van der Waals surface area contributed by atoms with Crippen LogP contribution in [-0.2, 0) is 16.4 Å². The van der Waals surface area contributed by atoms with E-state index >= 15 is 0 Å². The van der Waals surface area contributed by atoms with Crippen molar-refractivity contribution in [2.75, 3.05) is 25.9 Å². The molecule has 134 valence electrons. The molecule has 1 aromatic carbocycles. The average molecular weight is 352 g/mol. The third kappa shape index (κ3) is 4.59. The van der Waals surface area contributed by atoms with Gasteiger partial charge in [0.1, 0.15) is 0 Å². The lowest BCUT2D eigenvalue weighted by Crippen LogP contribution is -2.26. The molecule has 2 heterocycles. The monoisotopic (exact) mass is 351 g/mol. The molecular weight excluding hydrogens is 322 g/mol. The molecule has 0 radical (unpaired) electrons. The summed E-state index contributed by atoms with van der Waals surface area (Å²) in [5.41, 5.74) is 3.55. The van der Waals surface area contributed by atoms with E-state index in [4.69, 9.17) is 0 Å². The number of fused-ring (bicyclic) bond motifs is 1. The Bertz CT molecular complexity index is 747. The van der Waals surface area contributed by atoms with Gasteiger partial charge in [-0.3, -0.25) is 0 Å². The molecule has 24 heavy (non-hydrogen) atoms. The van der Waals surface area contributed by atoms with Crippen molar-refractivity contribution in [1.29, 1.82) is 0 Å². The minimum atomic E-state index is -3.15. The van der Waals surface area contributed by atoms with E-state index < -0.39 is 10.0 Å². The van der Waals surface area contributed by atoms with Crippen LogP contribution in [0.25, 0.3) is 10.9 Å². The Balaban J connectivity index is 0.00000100. The van der Waals surface area contributed by atoms with Crippen LogP contribution in [0.1, 0.15) is 43.7 Å². The maximum atomic E-state index is 11.5. The summed E-state index contributed by atoms with van der Waals surface area (Å²) >= 11 is 0. The Morgan fingerprint density at radius 2 is 1.92 bits per heavy atom. The lowest BCUT2D eigenvalue weighted by Gasteiger charge is -2.22. The van der Waals surface area contributed by atoms with Crippen molar-refractivity contribution in [2.24, 2.45) is 0 Å². The van der Waals surface area contributed by atoms with Crippen molar-refractivity contribution in [3.63, 3.8) is 0 Å². The third-order valence-corrected chi connectivity index (χ3v) is 5.89. The van der Waals surface area contributed by atoms with E-state index in [9.17, 15) is 8.42 Å². The van der Waals surface area contributed by atoms with E-state index in [1.807, 2.05) is 19.9 Å². The third-order valence-electron chi connectivity index (χ3n) is 4.53. The van der Waals surface area contributed by atoms with Crippen LogP contribution in [0.5, 0.6) is 0 Å². The second-order valence-electron chi connectivity index (χ2n) is 5.92. The van der Waals surface area contributed by atoms with E-state index in [-0.39, 0.29) is 5.75 Å². The molecule has 0 bridgehead atoms. The fourth-order valence-corrected chi connectivity index (χ4v) is 3.88. The molecule has 0 atom stereocenters. The van der Waals surface area contributed by atoms with Gasteiger partial charge in [-0.2, -0.15) is 0 Å². The zero-order valence-electron chi connectivity index (χ0n) is 14.9. The van der Waals surface area contributed by atoms with E-state index in [0.29, 0.717) is 12.3 Å². The highest BCUT2D eigenvalue weighted by atomic mass is 32.2. The number of aromatic nitrogens is 1. The van der Waals surface area contributed by atoms with Crippen LogP contribution in [0.2, 0.25) is 0 Å². The van der Waals surface area contributed by atoms with E-state index in [2.05, 4.69) is 33.4 Å². The highest BCUT2D eigenvalue weighted by Crippen LogP contribution is 2.31. The molecule has 1 saturated heterocycles. The minimum Gasteiger partial charge on any atom is -0.361 e. The van der Waals surface area contributed by atoms with E-state index in [0.717, 1.165) is 24.2 Å². The van der Waals surface area contributed by atoms with E-state index in [1.54, 1.807) is 0 Å². The maximum absolute atomic E-state index is 11.5. The van der Waals surface area contributed by atoms with Gasteiger partial charge in [-0.1, -0.05) is 26.0 Å². The molecule has 0 saturated carbocycles. The fourth-order valence-electron chi connectivity index (χ4n) is 3.18. The van der Waals surface area contributed by atoms with Crippen LogP contribution in [0, 0.1) is 0 Å². The number of aryl methyl sites for hydroxylation is 1. The summed E-state index contributed by atoms with van der Waals surface area (Å²) in [4.78, 5) is 3.35. The first kappa shape index (κ1) is 19.0. The number of benzene rings is 1. The van der Waals surface area contributed by atoms with Gasteiger partial charge >= 0.3 is 0 Å². The second kappa shape index (κ2) is 8.65. The molecule has 5 nitrogen and oxygen atoms in total. The molecule has 3 N–H and O–H groups in total. The summed E-state index contributed by atoms with van der Waals surface area (Å²) in [6.45, 7) is 6.16. The standard InChI is InChI=1S/C16H23N3O2S.C2H6/c1-17-22(20,21)9-6-12-2-3-14-15(11-19-16(14)10-12)13-4-7-18-8-5-13;1-2/h2-3,10-11,13,17-19H,4-9H2,1H3;1-2H3. The van der Waals surface area contributed by atoms with Gasteiger partial charge in [-0.15, -0.1) is 0 Å². The van der Waals surface area contributed by atoms with Crippen molar-refractivity contribution in [1.82, 2.24) is 15.0 Å². The van der Waals surface area contributed by atoms with Gasteiger partial charge in [0.15, 0.2) is 0 Å². The zero-order chi connectivity index (χ0) is 17.6. The molecule has 0 unspecified atom stereocenters. The van der Waals surface area contributed by atoms with Crippen LogP contribution >= 0.6 is 0 Å². The summed E-state index contributed by atoms with van der Waals surface area (Å²) in [6.07, 6.45) is 5.00. The van der Waals surface area contributed by atoms with Crippen molar-refractivity contribution >= 4 is 20.9 Å². The van der Waals surface area contributed by atoms with Crippen LogP contribution in [0.15, 0.2) is 24.4 Å². The van der Waals surface area contributed by atoms with Gasteiger partial charge in [-0.25, -0.2) is 13.1 Å². The Kier molecular flexibility index (Phi) is 6.83. The van der Waals surface area contributed by atoms with Gasteiger partial charge in [0, 0.05) is 17.1 Å². The summed E-state index contributed by atoms with van der Waals surface area (Å²) < 4.78 is 25.4. The fraction of sp³-hybridized carbons (Fsp3) is 0.556. The molecule has 1 aliphatic rings. The Hall–Kier alpha value is -1.37. The van der Waals surface area contributed by atoms with Gasteiger partial charge in [0.2, 0.25) is 10.0 Å². The number of aromatic amines is 1. The summed E-state index contributed by atoms with van der Waals surface area (Å²) in [6, 6.07) is 6.25. The second-order valence-corrected chi connectivity index (χ2v) is 7.97. The summed E-state index contributed by atoms with van der Waals surface area (Å²) in [5, 5.41) is 4.67. The molecule has 1 fully saturated rings. The Morgan fingerprint density at radius 1 is 1.21 bits per heavy atom. The molecule has 6 heteroatoms. The molecule has 2 aromatic rings. The van der Waals surface area contributed by atoms with Gasteiger partial charge < -0.3 is 10.3 Å². The number of H-pyrrole nitrogens is 1. The number of nitrogens with one attached hydrogen (secondary N) is 3. The Morgan fingerprint density at radius 3 is 2.58 bits per heavy atom. The molecular formula is C18H29N3O2S. The molecule has 0 spiro atoms. The average Bonchev–Trinajstić information content (AvgIpc) is 3.06. The highest BCUT2D eigenvalue weighted by molar-refractivity contribution is 7.89. The SMILES string of the molecule is CC.CNS(=O)(=O)CCc1ccc2c(C3CCNCC3)c[nH]c2c1. The molecule has 0 aliphatic carbocycles. The number of hydrogen-bond acceptors (Lipinski definition) is 3. The molecule has 0 amide bonds. The van der Waals surface area contributed by atoms with Gasteiger partial charge in [0.25, 0.3) is 0 Å². The van der Waals surface area contributed by atoms with Crippen LogP contribution in [0.4, 0.5) is 0 Å². The zero-order valence-corrected chi connectivity index (χ0v) is 15.7. The minimum absolute atomic E-state index is 0.122. The topological polar surface area (TPSA) is 74.0 Å². The lowest BCUT2D eigenvalue weighted by atomic mass is 9.90. The smallest absolute Gasteiger partial charge is 0.211 e. The summed E-state index contributed by atoms with van der Waals surface area (Å²) in [7, 11) is -1.70. The predicted molar refractivity (Wildman–Crippen MR) is 101 cm³/mol. The first-order valence-electron chi connectivity index (χ1n) is 8.81. The van der Waals surface area contributed by atoms with E-state index in [1.165, 1.54) is 30.8 Å². The molecule has 1 aliphatic heterocycles. The van der Waals surface area contributed by atoms with Crippen molar-refractivity contribution in [3.05, 3.63) is 35.5 Å². The first-order valence-corrected chi connectivity index (χ1v) is 10.5. The summed E-state index contributed by atoms with van der Waals surface area (Å²) in [5.74, 6) is 0.738. The van der Waals surface area contributed by atoms with Crippen molar-refractivity contribution in [3.8, 4) is 0 Å². The van der Waals surface area contributed by atoms with Crippen molar-refractivity contribution < 1.29 is 8.42 Å². The maximum Gasteiger partial charge on any atom is 0.211 e. The van der Waals surface area contributed by atoms with Crippen LogP contribution in [0.3, 0.4) is 0 Å². The number of rotatable bonds is 5. The predicted octanol–water partition coefficient (Wildman–Crippen LogP) is 2.75.